The molecule has 0 fully saturated rings. The summed E-state index contributed by atoms with van der Waals surface area (Å²) in [5.41, 5.74) is -3.35. The van der Waals surface area contributed by atoms with Crippen molar-refractivity contribution >= 4 is 11.6 Å². The zero-order valence-electron chi connectivity index (χ0n) is 9.53. The molecule has 2 rings (SSSR count). The van der Waals surface area contributed by atoms with Gasteiger partial charge in [-0.3, -0.25) is 9.78 Å². The molecule has 0 aliphatic heterocycles. The first-order valence-electron chi connectivity index (χ1n) is 5.12. The lowest BCUT2D eigenvalue weighted by Gasteiger charge is -2.12. The maximum atomic E-state index is 12.7. The summed E-state index contributed by atoms with van der Waals surface area (Å²) in [4.78, 5) is 24.3. The van der Waals surface area contributed by atoms with Crippen molar-refractivity contribution in [3.8, 4) is 11.6 Å². The van der Waals surface area contributed by atoms with E-state index in [-0.39, 0.29) is 10.7 Å². The monoisotopic (exact) mass is 306 g/mol. The molecule has 0 unspecified atom stereocenters. The van der Waals surface area contributed by atoms with E-state index in [0.29, 0.717) is 22.8 Å². The topological polar surface area (TPSA) is 75.1 Å². The molecule has 1 heterocycles. The third-order valence-electron chi connectivity index (χ3n) is 2.39. The minimum atomic E-state index is -4.67. The average Bonchev–Trinajstić information content (AvgIpc) is 2.25. The van der Waals surface area contributed by atoms with Crippen molar-refractivity contribution in [2.45, 2.75) is 6.18 Å². The van der Waals surface area contributed by atoms with Gasteiger partial charge in [0, 0.05) is 5.02 Å². The zero-order valence-corrected chi connectivity index (χ0v) is 10.3. The Morgan fingerprint density at radius 1 is 1.15 bits per heavy atom. The molecule has 0 bridgehead atoms. The molecule has 0 aliphatic rings. The van der Waals surface area contributed by atoms with E-state index in [0.717, 1.165) is 6.07 Å². The molecule has 106 valence electrons. The molecular weight excluding hydrogens is 301 g/mol. The van der Waals surface area contributed by atoms with Gasteiger partial charge in [-0.1, -0.05) is 11.6 Å². The van der Waals surface area contributed by atoms with Crippen molar-refractivity contribution in [1.82, 2.24) is 9.55 Å². The first-order chi connectivity index (χ1) is 9.18. The number of benzene rings is 1. The van der Waals surface area contributed by atoms with E-state index >= 15 is 0 Å². The van der Waals surface area contributed by atoms with E-state index in [1.54, 1.807) is 0 Å². The lowest BCUT2D eigenvalue weighted by molar-refractivity contribution is -0.137. The third-order valence-corrected chi connectivity index (χ3v) is 2.61. The van der Waals surface area contributed by atoms with E-state index in [4.69, 9.17) is 11.6 Å². The van der Waals surface area contributed by atoms with Crippen LogP contribution in [0.2, 0.25) is 5.02 Å². The maximum Gasteiger partial charge on any atom is 0.416 e. The predicted octanol–water partition coefficient (Wildman–Crippen LogP) is 1.90. The van der Waals surface area contributed by atoms with Gasteiger partial charge in [0.1, 0.15) is 0 Å². The number of aromatic nitrogens is 2. The largest absolute Gasteiger partial charge is 0.494 e. The van der Waals surface area contributed by atoms with E-state index in [9.17, 15) is 27.9 Å². The summed E-state index contributed by atoms with van der Waals surface area (Å²) in [5, 5.41) is 9.26. The number of nitrogens with zero attached hydrogens (tertiary/aromatic N) is 1. The van der Waals surface area contributed by atoms with Crippen LogP contribution < -0.4 is 11.2 Å². The zero-order chi connectivity index (χ0) is 15.1. The minimum Gasteiger partial charge on any atom is -0.494 e. The lowest BCUT2D eigenvalue weighted by atomic mass is 10.2. The number of alkyl halides is 3. The van der Waals surface area contributed by atoms with E-state index in [1.807, 2.05) is 4.98 Å². The van der Waals surface area contributed by atoms with Crippen LogP contribution in [0, 0.1) is 0 Å². The average molecular weight is 307 g/mol. The number of hydrogen-bond acceptors (Lipinski definition) is 3. The molecule has 1 aromatic heterocycles. The number of H-pyrrole nitrogens is 1. The number of aromatic amines is 1. The fourth-order valence-corrected chi connectivity index (χ4v) is 1.83. The number of halogens is 4. The minimum absolute atomic E-state index is 0.271. The first kappa shape index (κ1) is 14.2. The van der Waals surface area contributed by atoms with Crippen molar-refractivity contribution in [2.24, 2.45) is 0 Å². The summed E-state index contributed by atoms with van der Waals surface area (Å²) in [6.45, 7) is 0. The molecule has 5 nitrogen and oxygen atoms in total. The van der Waals surface area contributed by atoms with Crippen molar-refractivity contribution in [1.29, 1.82) is 0 Å². The highest BCUT2D eigenvalue weighted by atomic mass is 35.5. The predicted molar refractivity (Wildman–Crippen MR) is 64.3 cm³/mol. The van der Waals surface area contributed by atoms with E-state index in [2.05, 4.69) is 0 Å². The van der Waals surface area contributed by atoms with Crippen LogP contribution in [0.15, 0.2) is 33.9 Å². The van der Waals surface area contributed by atoms with Crippen molar-refractivity contribution < 1.29 is 18.3 Å². The molecule has 20 heavy (non-hydrogen) atoms. The Balaban J connectivity index is 2.75. The lowest BCUT2D eigenvalue weighted by Crippen LogP contribution is -2.28. The van der Waals surface area contributed by atoms with Gasteiger partial charge in [0.15, 0.2) is 0 Å². The van der Waals surface area contributed by atoms with Crippen LogP contribution in [0.3, 0.4) is 0 Å². The van der Waals surface area contributed by atoms with Crippen LogP contribution in [-0.2, 0) is 6.18 Å². The fourth-order valence-electron chi connectivity index (χ4n) is 1.60. The van der Waals surface area contributed by atoms with Crippen molar-refractivity contribution in [3.05, 3.63) is 55.7 Å². The van der Waals surface area contributed by atoms with E-state index < -0.39 is 28.9 Å². The molecule has 0 saturated heterocycles. The molecule has 2 N–H and O–H groups in total. The second-order valence-electron chi connectivity index (χ2n) is 3.83. The Kier molecular flexibility index (Phi) is 3.34. The van der Waals surface area contributed by atoms with Gasteiger partial charge in [-0.25, -0.2) is 9.36 Å². The standard InChI is InChI=1S/C11H6ClF3N2O3/c12-6-1-5(11(13,14)15)2-7(3-6)17-9(19)4-8(18)16-10(17)20/h1-4,19H,(H,16,18,20). The second-order valence-corrected chi connectivity index (χ2v) is 4.26. The molecule has 2 aromatic rings. The highest BCUT2D eigenvalue weighted by Gasteiger charge is 2.31. The van der Waals surface area contributed by atoms with Crippen LogP contribution >= 0.6 is 11.6 Å². The highest BCUT2D eigenvalue weighted by Crippen LogP contribution is 2.33. The molecule has 1 aromatic carbocycles. The SMILES string of the molecule is O=c1cc(O)n(-c2cc(Cl)cc(C(F)(F)F)c2)c(=O)[nH]1. The number of nitrogens with one attached hydrogen (secondary N) is 1. The van der Waals surface area contributed by atoms with Gasteiger partial charge < -0.3 is 5.11 Å². The summed E-state index contributed by atoms with van der Waals surface area (Å²) < 4.78 is 38.5. The van der Waals surface area contributed by atoms with Crippen LogP contribution in [0.1, 0.15) is 5.56 Å². The number of rotatable bonds is 1. The van der Waals surface area contributed by atoms with Gasteiger partial charge in [0.25, 0.3) is 5.56 Å². The van der Waals surface area contributed by atoms with Crippen LogP contribution in [0.5, 0.6) is 5.88 Å². The van der Waals surface area contributed by atoms with Gasteiger partial charge in [-0.05, 0) is 18.2 Å². The van der Waals surface area contributed by atoms with E-state index in [1.165, 1.54) is 0 Å². The Morgan fingerprint density at radius 2 is 1.80 bits per heavy atom. The van der Waals surface area contributed by atoms with Crippen molar-refractivity contribution in [2.75, 3.05) is 0 Å². The molecule has 0 saturated carbocycles. The Labute approximate surface area is 113 Å². The van der Waals surface area contributed by atoms with Gasteiger partial charge in [0.2, 0.25) is 5.88 Å². The first-order valence-corrected chi connectivity index (χ1v) is 5.50. The molecule has 9 heteroatoms. The number of hydrogen-bond donors (Lipinski definition) is 2. The van der Waals surface area contributed by atoms with Crippen molar-refractivity contribution in [3.63, 3.8) is 0 Å². The van der Waals surface area contributed by atoms with Gasteiger partial charge in [0.05, 0.1) is 17.3 Å². The molecular formula is C11H6ClF3N2O3. The Hall–Kier alpha value is -2.22. The number of aromatic hydroxyl groups is 1. The summed E-state index contributed by atoms with van der Waals surface area (Å²) in [7, 11) is 0. The second kappa shape index (κ2) is 4.71. The normalized spacial score (nSPS) is 11.6. The molecule has 0 atom stereocenters. The molecule has 0 amide bonds. The van der Waals surface area contributed by atoms with Crippen LogP contribution in [-0.4, -0.2) is 14.7 Å². The Morgan fingerprint density at radius 3 is 2.35 bits per heavy atom. The summed E-state index contributed by atoms with van der Waals surface area (Å²) in [6.07, 6.45) is -4.67. The molecule has 0 spiro atoms. The van der Waals surface area contributed by atoms with Gasteiger partial charge >= 0.3 is 11.9 Å². The fraction of sp³-hybridized carbons (Fsp3) is 0.0909. The summed E-state index contributed by atoms with van der Waals surface area (Å²) in [5.74, 6) is -0.797. The highest BCUT2D eigenvalue weighted by molar-refractivity contribution is 6.30. The smallest absolute Gasteiger partial charge is 0.416 e. The van der Waals surface area contributed by atoms with Crippen LogP contribution in [0.25, 0.3) is 5.69 Å². The molecule has 0 aliphatic carbocycles. The third kappa shape index (κ3) is 2.69. The molecule has 0 radical (unpaired) electrons. The summed E-state index contributed by atoms with van der Waals surface area (Å²) in [6, 6.07) is 3.02. The van der Waals surface area contributed by atoms with Crippen LogP contribution in [0.4, 0.5) is 13.2 Å². The maximum absolute atomic E-state index is 12.7. The quantitative estimate of drug-likeness (QED) is 0.845. The van der Waals surface area contributed by atoms with Gasteiger partial charge in [-0.15, -0.1) is 0 Å². The van der Waals surface area contributed by atoms with Gasteiger partial charge in [-0.2, -0.15) is 13.2 Å². The summed E-state index contributed by atoms with van der Waals surface area (Å²) >= 11 is 5.57. The Bertz CT molecular complexity index is 780.